The van der Waals surface area contributed by atoms with E-state index in [1.165, 1.54) is 0 Å². The largest absolute Gasteiger partial charge is 0.324 e. The third-order valence-corrected chi connectivity index (χ3v) is 3.62. The molecule has 0 bridgehead atoms. The van der Waals surface area contributed by atoms with E-state index in [1.54, 1.807) is 29.2 Å². The summed E-state index contributed by atoms with van der Waals surface area (Å²) in [5.74, 6) is -0.269. The van der Waals surface area contributed by atoms with Gasteiger partial charge in [0.1, 0.15) is 6.04 Å². The molecule has 1 fully saturated rings. The van der Waals surface area contributed by atoms with Gasteiger partial charge in [-0.05, 0) is 30.3 Å². The fourth-order valence-electron chi connectivity index (χ4n) is 2.31. The predicted octanol–water partition coefficient (Wildman–Crippen LogP) is 2.88. The lowest BCUT2D eigenvalue weighted by Gasteiger charge is -2.14. The van der Waals surface area contributed by atoms with E-state index in [2.05, 4.69) is 10.6 Å². The van der Waals surface area contributed by atoms with Crippen LogP contribution in [0.4, 0.5) is 16.2 Å². The fourth-order valence-corrected chi connectivity index (χ4v) is 2.50. The first-order valence-corrected chi connectivity index (χ1v) is 7.21. The molecule has 22 heavy (non-hydrogen) atoms. The minimum atomic E-state index is -0.605. The molecule has 2 N–H and O–H groups in total. The van der Waals surface area contributed by atoms with Gasteiger partial charge in [0.25, 0.3) is 0 Å². The van der Waals surface area contributed by atoms with Gasteiger partial charge in [0.2, 0.25) is 5.91 Å². The smallest absolute Gasteiger partial charge is 0.322 e. The molecule has 1 saturated heterocycles. The molecule has 0 radical (unpaired) electrons. The van der Waals surface area contributed by atoms with Crippen molar-refractivity contribution in [2.75, 3.05) is 16.8 Å². The Hall–Kier alpha value is -2.53. The van der Waals surface area contributed by atoms with Crippen molar-refractivity contribution in [2.24, 2.45) is 0 Å². The van der Waals surface area contributed by atoms with Crippen molar-refractivity contribution in [1.82, 2.24) is 5.32 Å². The molecule has 0 saturated carbocycles. The second-order valence-corrected chi connectivity index (χ2v) is 5.38. The van der Waals surface area contributed by atoms with Gasteiger partial charge >= 0.3 is 6.03 Å². The number of hydrogen-bond donors (Lipinski definition) is 2. The Morgan fingerprint density at radius 2 is 1.95 bits per heavy atom. The molecule has 1 atom stereocenters. The molecule has 0 aromatic heterocycles. The van der Waals surface area contributed by atoms with Crippen LogP contribution in [-0.4, -0.2) is 24.5 Å². The molecule has 1 aliphatic heterocycles. The van der Waals surface area contributed by atoms with Gasteiger partial charge < -0.3 is 10.6 Å². The minimum absolute atomic E-state index is 0.269. The van der Waals surface area contributed by atoms with Crippen molar-refractivity contribution in [3.05, 3.63) is 59.6 Å². The Morgan fingerprint density at radius 1 is 1.18 bits per heavy atom. The number of carbonyl (C=O) groups is 2. The Labute approximate surface area is 132 Å². The summed E-state index contributed by atoms with van der Waals surface area (Å²) in [5.41, 5.74) is 1.36. The quantitative estimate of drug-likeness (QED) is 0.915. The first kappa shape index (κ1) is 14.4. The van der Waals surface area contributed by atoms with Crippen LogP contribution in [-0.2, 0) is 4.79 Å². The van der Waals surface area contributed by atoms with Crippen LogP contribution in [0.3, 0.4) is 0 Å². The average molecular weight is 316 g/mol. The Morgan fingerprint density at radius 3 is 2.68 bits per heavy atom. The van der Waals surface area contributed by atoms with E-state index in [0.717, 1.165) is 5.69 Å². The summed E-state index contributed by atoms with van der Waals surface area (Å²) in [6.45, 7) is 0.287. The van der Waals surface area contributed by atoms with Gasteiger partial charge in [-0.1, -0.05) is 35.9 Å². The molecule has 2 aromatic carbocycles. The van der Waals surface area contributed by atoms with Crippen molar-refractivity contribution >= 4 is 34.9 Å². The minimum Gasteiger partial charge on any atom is -0.324 e. The maximum atomic E-state index is 12.3. The Balaban J connectivity index is 1.69. The van der Waals surface area contributed by atoms with Crippen LogP contribution in [0.25, 0.3) is 0 Å². The molecule has 0 spiro atoms. The van der Waals surface area contributed by atoms with Gasteiger partial charge in [-0.3, -0.25) is 9.69 Å². The molecule has 2 aromatic rings. The monoisotopic (exact) mass is 315 g/mol. The number of rotatable bonds is 3. The molecule has 3 amide bonds. The predicted molar refractivity (Wildman–Crippen MR) is 86.2 cm³/mol. The van der Waals surface area contributed by atoms with Crippen LogP contribution >= 0.6 is 11.6 Å². The molecular weight excluding hydrogens is 302 g/mol. The number of halogens is 1. The zero-order valence-electron chi connectivity index (χ0n) is 11.6. The number of nitrogens with zero attached hydrogens (tertiary/aromatic N) is 1. The molecule has 6 heteroatoms. The highest BCUT2D eigenvalue weighted by atomic mass is 35.5. The number of anilines is 2. The van der Waals surface area contributed by atoms with E-state index >= 15 is 0 Å². The van der Waals surface area contributed by atoms with E-state index in [9.17, 15) is 9.59 Å². The number of nitrogens with one attached hydrogen (secondary N) is 2. The van der Waals surface area contributed by atoms with Gasteiger partial charge in [0.05, 0.1) is 6.54 Å². The summed E-state index contributed by atoms with van der Waals surface area (Å²) in [6.07, 6.45) is 0. The highest BCUT2D eigenvalue weighted by Crippen LogP contribution is 2.19. The van der Waals surface area contributed by atoms with Crippen molar-refractivity contribution < 1.29 is 9.59 Å². The van der Waals surface area contributed by atoms with E-state index < -0.39 is 6.04 Å². The van der Waals surface area contributed by atoms with E-state index in [1.807, 2.05) is 30.3 Å². The molecule has 1 unspecified atom stereocenters. The van der Waals surface area contributed by atoms with Crippen molar-refractivity contribution in [2.45, 2.75) is 6.04 Å². The van der Waals surface area contributed by atoms with Gasteiger partial charge in [-0.2, -0.15) is 0 Å². The van der Waals surface area contributed by atoms with Crippen molar-refractivity contribution in [3.8, 4) is 0 Å². The summed E-state index contributed by atoms with van der Waals surface area (Å²) in [7, 11) is 0. The topological polar surface area (TPSA) is 61.4 Å². The molecule has 1 heterocycles. The van der Waals surface area contributed by atoms with Crippen LogP contribution in [0.1, 0.15) is 0 Å². The van der Waals surface area contributed by atoms with Crippen LogP contribution in [0, 0.1) is 0 Å². The number of urea groups is 1. The first-order valence-electron chi connectivity index (χ1n) is 6.83. The number of benzene rings is 2. The Bertz CT molecular complexity index is 706. The SMILES string of the molecule is O=C(Nc1cccc(Cl)c1)C1CN(c2ccccc2)C(=O)N1. The van der Waals surface area contributed by atoms with Crippen molar-refractivity contribution in [3.63, 3.8) is 0 Å². The molecule has 0 aliphatic carbocycles. The van der Waals surface area contributed by atoms with Crippen molar-refractivity contribution in [1.29, 1.82) is 0 Å². The first-order chi connectivity index (χ1) is 10.6. The van der Waals surface area contributed by atoms with E-state index in [4.69, 9.17) is 11.6 Å². The maximum Gasteiger partial charge on any atom is 0.322 e. The van der Waals surface area contributed by atoms with Crippen LogP contribution < -0.4 is 15.5 Å². The van der Waals surface area contributed by atoms with Gasteiger partial charge in [-0.25, -0.2) is 4.79 Å². The summed E-state index contributed by atoms with van der Waals surface area (Å²) >= 11 is 5.89. The molecule has 112 valence electrons. The normalized spacial score (nSPS) is 17.2. The summed E-state index contributed by atoms with van der Waals surface area (Å²) < 4.78 is 0. The number of amides is 3. The van der Waals surface area contributed by atoms with Crippen LogP contribution in [0.15, 0.2) is 54.6 Å². The van der Waals surface area contributed by atoms with E-state index in [-0.39, 0.29) is 18.5 Å². The fraction of sp³-hybridized carbons (Fsp3) is 0.125. The van der Waals surface area contributed by atoms with Gasteiger partial charge in [0.15, 0.2) is 0 Å². The van der Waals surface area contributed by atoms with Crippen LogP contribution in [0.5, 0.6) is 0 Å². The Kier molecular flexibility index (Phi) is 3.98. The number of carbonyl (C=O) groups excluding carboxylic acids is 2. The lowest BCUT2D eigenvalue weighted by Crippen LogP contribution is -2.38. The molecule has 3 rings (SSSR count). The lowest BCUT2D eigenvalue weighted by atomic mass is 10.2. The highest BCUT2D eigenvalue weighted by molar-refractivity contribution is 6.30. The summed E-state index contributed by atoms with van der Waals surface area (Å²) in [4.78, 5) is 25.8. The summed E-state index contributed by atoms with van der Waals surface area (Å²) in [5, 5.41) is 5.97. The number of para-hydroxylation sites is 1. The van der Waals surface area contributed by atoms with Gasteiger partial charge in [0, 0.05) is 16.4 Å². The van der Waals surface area contributed by atoms with Gasteiger partial charge in [-0.15, -0.1) is 0 Å². The zero-order valence-corrected chi connectivity index (χ0v) is 12.4. The zero-order chi connectivity index (χ0) is 15.5. The van der Waals surface area contributed by atoms with Crippen LogP contribution in [0.2, 0.25) is 5.02 Å². The maximum absolute atomic E-state index is 12.3. The lowest BCUT2D eigenvalue weighted by molar-refractivity contribution is -0.117. The highest BCUT2D eigenvalue weighted by Gasteiger charge is 2.34. The van der Waals surface area contributed by atoms with E-state index in [0.29, 0.717) is 10.7 Å². The molecule has 5 nitrogen and oxygen atoms in total. The molecule has 1 aliphatic rings. The number of hydrogen-bond acceptors (Lipinski definition) is 2. The third-order valence-electron chi connectivity index (χ3n) is 3.38. The molecular formula is C16H14ClN3O2. The average Bonchev–Trinajstić information content (AvgIpc) is 2.90. The second-order valence-electron chi connectivity index (χ2n) is 4.95. The standard InChI is InChI=1S/C16H14ClN3O2/c17-11-5-4-6-12(9-11)18-15(21)14-10-20(16(22)19-14)13-7-2-1-3-8-13/h1-9,14H,10H2,(H,18,21)(H,19,22). The second kappa shape index (κ2) is 6.07. The third kappa shape index (κ3) is 3.04. The summed E-state index contributed by atoms with van der Waals surface area (Å²) in [6, 6.07) is 15.2.